The van der Waals surface area contributed by atoms with Crippen molar-refractivity contribution in [2.24, 2.45) is 17.8 Å². The minimum absolute atomic E-state index is 0.142. The van der Waals surface area contributed by atoms with Gasteiger partial charge in [0.15, 0.2) is 0 Å². The molecule has 3 aliphatic rings. The van der Waals surface area contributed by atoms with E-state index in [0.717, 1.165) is 6.42 Å². The molecule has 1 saturated carbocycles. The number of likely N-dealkylation sites (tertiary alicyclic amines) is 1. The smallest absolute Gasteiger partial charge is 0.250 e. The van der Waals surface area contributed by atoms with Crippen LogP contribution in [0.1, 0.15) is 25.3 Å². The van der Waals surface area contributed by atoms with Crippen LogP contribution in [0.15, 0.2) is 53.9 Å². The number of amides is 1. The van der Waals surface area contributed by atoms with Gasteiger partial charge in [-0.05, 0) is 49.0 Å². The van der Waals surface area contributed by atoms with Gasteiger partial charge in [0.2, 0.25) is 5.91 Å². The summed E-state index contributed by atoms with van der Waals surface area (Å²) in [4.78, 5) is 15.5. The number of benzene rings is 1. The van der Waals surface area contributed by atoms with Gasteiger partial charge in [0.05, 0.1) is 6.61 Å². The molecule has 2 aliphatic heterocycles. The van der Waals surface area contributed by atoms with Crippen LogP contribution in [-0.2, 0) is 10.3 Å². The van der Waals surface area contributed by atoms with Gasteiger partial charge in [-0.3, -0.25) is 9.69 Å². The lowest BCUT2D eigenvalue weighted by atomic mass is 9.78. The summed E-state index contributed by atoms with van der Waals surface area (Å²) in [6.07, 6.45) is 5.74. The highest BCUT2D eigenvalue weighted by molar-refractivity contribution is 6.31. The molecule has 2 N–H and O–H groups in total. The maximum absolute atomic E-state index is 15.5. The number of allylic oxidation sites excluding steroid dienone is 4. The number of hydrogen-bond acceptors (Lipinski definition) is 3. The third-order valence-electron chi connectivity index (χ3n) is 6.68. The number of hydrogen-bond donors (Lipinski definition) is 2. The lowest BCUT2D eigenvalue weighted by molar-refractivity contribution is -0.129. The highest BCUT2D eigenvalue weighted by Gasteiger charge is 2.64. The molecular formula is C23H25Cl2FN2O2. The van der Waals surface area contributed by atoms with E-state index < -0.39 is 17.3 Å². The molecule has 160 valence electrons. The molecule has 2 unspecified atom stereocenters. The van der Waals surface area contributed by atoms with E-state index in [-0.39, 0.29) is 23.6 Å². The van der Waals surface area contributed by atoms with Crippen LogP contribution >= 0.6 is 23.2 Å². The average Bonchev–Trinajstić information content (AvgIpc) is 3.17. The monoisotopic (exact) mass is 450 g/mol. The summed E-state index contributed by atoms with van der Waals surface area (Å²) in [5, 5.41) is 13.8. The predicted octanol–water partition coefficient (Wildman–Crippen LogP) is 4.99. The van der Waals surface area contributed by atoms with Crippen LogP contribution in [0.3, 0.4) is 0 Å². The molecule has 0 bridgehead atoms. The molecule has 7 heteroatoms. The average molecular weight is 451 g/mol. The molecule has 1 spiro atoms. The second kappa shape index (κ2) is 8.12. The Balaban J connectivity index is 1.84. The Hall–Kier alpha value is -1.66. The number of nitrogens with zero attached hydrogens (tertiary/aromatic N) is 1. The van der Waals surface area contributed by atoms with Crippen LogP contribution in [0.5, 0.6) is 0 Å². The molecule has 1 saturated heterocycles. The number of rotatable bonds is 6. The van der Waals surface area contributed by atoms with E-state index in [2.05, 4.69) is 18.8 Å². The summed E-state index contributed by atoms with van der Waals surface area (Å²) >= 11 is 11.9. The minimum Gasteiger partial charge on any atom is -0.395 e. The van der Waals surface area contributed by atoms with E-state index in [4.69, 9.17) is 23.2 Å². The number of anilines is 1. The lowest BCUT2D eigenvalue weighted by Gasteiger charge is -2.39. The number of fused-ring (bicyclic) bond motifs is 2. The van der Waals surface area contributed by atoms with Gasteiger partial charge in [-0.2, -0.15) is 0 Å². The van der Waals surface area contributed by atoms with Crippen molar-refractivity contribution in [3.63, 3.8) is 0 Å². The van der Waals surface area contributed by atoms with E-state index in [1.165, 1.54) is 18.2 Å². The fraction of sp³-hybridized carbons (Fsp3) is 0.435. The van der Waals surface area contributed by atoms with Gasteiger partial charge < -0.3 is 10.4 Å². The second-order valence-corrected chi connectivity index (χ2v) is 9.44. The zero-order valence-corrected chi connectivity index (χ0v) is 18.3. The summed E-state index contributed by atoms with van der Waals surface area (Å²) in [5.74, 6) is -0.437. The quantitative estimate of drug-likeness (QED) is 0.600. The number of aliphatic hydroxyl groups is 1. The Kier molecular flexibility index (Phi) is 5.84. The Morgan fingerprint density at radius 1 is 1.47 bits per heavy atom. The van der Waals surface area contributed by atoms with Gasteiger partial charge >= 0.3 is 0 Å². The third-order valence-corrected chi connectivity index (χ3v) is 7.04. The van der Waals surface area contributed by atoms with Crippen LogP contribution in [0.2, 0.25) is 5.02 Å². The maximum atomic E-state index is 15.5. The van der Waals surface area contributed by atoms with Crippen molar-refractivity contribution in [1.82, 2.24) is 4.90 Å². The topological polar surface area (TPSA) is 52.6 Å². The summed E-state index contributed by atoms with van der Waals surface area (Å²) in [5.41, 5.74) is 0.0880. The van der Waals surface area contributed by atoms with E-state index in [0.29, 0.717) is 41.1 Å². The third kappa shape index (κ3) is 3.52. The first kappa shape index (κ1) is 21.6. The molecule has 1 aromatic rings. The summed E-state index contributed by atoms with van der Waals surface area (Å²) in [6.45, 7) is 6.23. The van der Waals surface area contributed by atoms with Crippen molar-refractivity contribution in [1.29, 1.82) is 0 Å². The zero-order chi connectivity index (χ0) is 21.6. The van der Waals surface area contributed by atoms with Gasteiger partial charge in [-0.25, -0.2) is 4.39 Å². The number of aliphatic hydroxyl groups excluding tert-OH is 1. The molecule has 2 fully saturated rings. The predicted molar refractivity (Wildman–Crippen MR) is 118 cm³/mol. The highest BCUT2D eigenvalue weighted by atomic mass is 35.5. The molecule has 0 aromatic heterocycles. The Morgan fingerprint density at radius 2 is 2.20 bits per heavy atom. The van der Waals surface area contributed by atoms with Gasteiger partial charge in [0.25, 0.3) is 0 Å². The van der Waals surface area contributed by atoms with Gasteiger partial charge in [0.1, 0.15) is 11.4 Å². The van der Waals surface area contributed by atoms with Crippen LogP contribution in [-0.4, -0.2) is 35.1 Å². The largest absolute Gasteiger partial charge is 0.395 e. The number of carbonyl (C=O) groups excluding carboxylic acids is 1. The second-order valence-electron chi connectivity index (χ2n) is 8.52. The Labute approximate surface area is 186 Å². The number of nitrogens with one attached hydrogen (secondary N) is 1. The molecule has 30 heavy (non-hydrogen) atoms. The molecule has 1 amide bonds. The number of halogens is 3. The number of carbonyl (C=O) groups is 1. The summed E-state index contributed by atoms with van der Waals surface area (Å²) < 4.78 is 15.5. The highest BCUT2D eigenvalue weighted by Crippen LogP contribution is 2.57. The van der Waals surface area contributed by atoms with Crippen molar-refractivity contribution in [3.05, 3.63) is 64.5 Å². The van der Waals surface area contributed by atoms with Crippen LogP contribution in [0.4, 0.5) is 10.1 Å². The summed E-state index contributed by atoms with van der Waals surface area (Å²) in [6, 6.07) is 4.91. The van der Waals surface area contributed by atoms with Crippen molar-refractivity contribution >= 4 is 34.8 Å². The first-order chi connectivity index (χ1) is 14.3. The molecule has 1 aromatic carbocycles. The molecule has 4 nitrogen and oxygen atoms in total. The van der Waals surface area contributed by atoms with Gasteiger partial charge in [-0.1, -0.05) is 48.8 Å². The Bertz CT molecular complexity index is 947. The normalized spacial score (nSPS) is 33.4. The van der Waals surface area contributed by atoms with Crippen LogP contribution < -0.4 is 5.32 Å². The molecule has 2 heterocycles. The van der Waals surface area contributed by atoms with E-state index in [1.807, 2.05) is 4.90 Å². The SMILES string of the molecule is C=C(Cl)/C=C\C=C(/F)[C@H]1C[C@H](CO)N(CC2CC2C)[C@@]12C(=O)Nc1cc(Cl)ccc12. The van der Waals surface area contributed by atoms with Crippen LogP contribution in [0.25, 0.3) is 0 Å². The standard InChI is InChI=1S/C23H25Cl2FN2O2/c1-13-8-15(13)11-28-17(12-29)10-19(20(26)5-3-4-14(2)24)23(28)18-7-6-16(25)9-21(18)27-22(23)30/h3-7,9,13,15,17,19,29H,2,8,10-12H2,1H3,(H,27,30)/b4-3-,20-5-/t13?,15?,17-,19-,23-/m1/s1. The van der Waals surface area contributed by atoms with Crippen molar-refractivity contribution in [3.8, 4) is 0 Å². The first-order valence-electron chi connectivity index (χ1n) is 10.2. The molecular weight excluding hydrogens is 426 g/mol. The van der Waals surface area contributed by atoms with Crippen molar-refractivity contribution < 1.29 is 14.3 Å². The minimum atomic E-state index is -1.22. The fourth-order valence-electron chi connectivity index (χ4n) is 5.03. The first-order valence-corrected chi connectivity index (χ1v) is 10.9. The van der Waals surface area contributed by atoms with Gasteiger partial charge in [-0.15, -0.1) is 0 Å². The van der Waals surface area contributed by atoms with Crippen molar-refractivity contribution in [2.45, 2.75) is 31.3 Å². The van der Waals surface area contributed by atoms with Crippen molar-refractivity contribution in [2.75, 3.05) is 18.5 Å². The molecule has 5 atom stereocenters. The van der Waals surface area contributed by atoms with E-state index >= 15 is 4.39 Å². The fourth-order valence-corrected chi connectivity index (χ4v) is 5.27. The molecule has 0 radical (unpaired) electrons. The maximum Gasteiger partial charge on any atom is 0.250 e. The van der Waals surface area contributed by atoms with E-state index in [9.17, 15) is 9.90 Å². The Morgan fingerprint density at radius 3 is 2.83 bits per heavy atom. The zero-order valence-electron chi connectivity index (χ0n) is 16.7. The van der Waals surface area contributed by atoms with Crippen LogP contribution in [0, 0.1) is 17.8 Å². The summed E-state index contributed by atoms with van der Waals surface area (Å²) in [7, 11) is 0. The molecule has 1 aliphatic carbocycles. The van der Waals surface area contributed by atoms with Gasteiger partial charge in [0, 0.05) is 39.8 Å². The molecule has 4 rings (SSSR count). The lowest BCUT2D eigenvalue weighted by Crippen LogP contribution is -2.54. The van der Waals surface area contributed by atoms with E-state index in [1.54, 1.807) is 18.2 Å².